The van der Waals surface area contributed by atoms with Crippen LogP contribution in [0, 0.1) is 18.6 Å². The number of hydrogen-bond acceptors (Lipinski definition) is 2. The van der Waals surface area contributed by atoms with E-state index < -0.39 is 17.7 Å². The van der Waals surface area contributed by atoms with Gasteiger partial charge in [0.15, 0.2) is 0 Å². The van der Waals surface area contributed by atoms with Crippen LogP contribution >= 0.6 is 11.6 Å². The summed E-state index contributed by atoms with van der Waals surface area (Å²) in [6.07, 6.45) is 2.40. The lowest BCUT2D eigenvalue weighted by Crippen LogP contribution is -2.26. The van der Waals surface area contributed by atoms with Gasteiger partial charge in [0, 0.05) is 18.7 Å². The molecule has 0 fully saturated rings. The number of halogens is 3. The van der Waals surface area contributed by atoms with E-state index in [4.69, 9.17) is 11.6 Å². The van der Waals surface area contributed by atoms with E-state index in [2.05, 4.69) is 10.4 Å². The SMILES string of the molecule is CCCNC(c1cc(C)c(F)cc1F)c1c(Cl)cnn1C. The number of benzene rings is 1. The van der Waals surface area contributed by atoms with Crippen LogP contribution in [0.1, 0.15) is 36.2 Å². The minimum atomic E-state index is -0.594. The van der Waals surface area contributed by atoms with Crippen LogP contribution in [-0.4, -0.2) is 16.3 Å². The number of nitrogens with one attached hydrogen (secondary N) is 1. The van der Waals surface area contributed by atoms with Crippen molar-refractivity contribution in [1.82, 2.24) is 15.1 Å². The summed E-state index contributed by atoms with van der Waals surface area (Å²) in [5.74, 6) is -1.15. The molecule has 0 saturated carbocycles. The summed E-state index contributed by atoms with van der Waals surface area (Å²) in [6, 6.07) is 1.96. The average Bonchev–Trinajstić information content (AvgIpc) is 2.76. The first-order valence-electron chi connectivity index (χ1n) is 6.82. The molecule has 1 aromatic heterocycles. The molecular weight excluding hydrogens is 296 g/mol. The fraction of sp³-hybridized carbons (Fsp3) is 0.400. The first kappa shape index (κ1) is 15.9. The molecular formula is C15H18ClF2N3. The molecule has 0 aliphatic carbocycles. The van der Waals surface area contributed by atoms with Gasteiger partial charge in [-0.2, -0.15) is 5.10 Å². The summed E-state index contributed by atoms with van der Waals surface area (Å²) >= 11 is 6.17. The highest BCUT2D eigenvalue weighted by Gasteiger charge is 2.24. The van der Waals surface area contributed by atoms with Crippen molar-refractivity contribution in [3.63, 3.8) is 0 Å². The van der Waals surface area contributed by atoms with Crippen LogP contribution in [0.25, 0.3) is 0 Å². The fourth-order valence-corrected chi connectivity index (χ4v) is 2.56. The molecule has 0 aliphatic heterocycles. The molecule has 1 unspecified atom stereocenters. The Hall–Kier alpha value is -1.46. The molecule has 21 heavy (non-hydrogen) atoms. The number of rotatable bonds is 5. The quantitative estimate of drug-likeness (QED) is 0.911. The van der Waals surface area contributed by atoms with E-state index in [0.29, 0.717) is 28.4 Å². The van der Waals surface area contributed by atoms with Crippen LogP contribution in [0.15, 0.2) is 18.3 Å². The highest BCUT2D eigenvalue weighted by atomic mass is 35.5. The largest absolute Gasteiger partial charge is 0.305 e. The van der Waals surface area contributed by atoms with E-state index in [1.807, 2.05) is 6.92 Å². The Bertz CT molecular complexity index is 621. The van der Waals surface area contributed by atoms with Crippen LogP contribution in [0.2, 0.25) is 5.02 Å². The van der Waals surface area contributed by atoms with Gasteiger partial charge in [-0.3, -0.25) is 4.68 Å². The maximum absolute atomic E-state index is 14.2. The lowest BCUT2D eigenvalue weighted by molar-refractivity contribution is 0.510. The van der Waals surface area contributed by atoms with Crippen molar-refractivity contribution >= 4 is 11.6 Å². The van der Waals surface area contributed by atoms with Crippen molar-refractivity contribution in [2.75, 3.05) is 6.54 Å². The normalized spacial score (nSPS) is 12.7. The molecule has 0 aliphatic rings. The third-order valence-electron chi connectivity index (χ3n) is 3.40. The third kappa shape index (κ3) is 3.24. The van der Waals surface area contributed by atoms with Gasteiger partial charge in [0.1, 0.15) is 11.6 Å². The zero-order chi connectivity index (χ0) is 15.6. The molecule has 1 heterocycles. The number of aromatic nitrogens is 2. The molecule has 0 bridgehead atoms. The van der Waals surface area contributed by atoms with Crippen molar-refractivity contribution in [2.24, 2.45) is 7.05 Å². The van der Waals surface area contributed by atoms with Crippen molar-refractivity contribution in [3.8, 4) is 0 Å². The fourth-order valence-electron chi connectivity index (χ4n) is 2.29. The molecule has 3 nitrogen and oxygen atoms in total. The van der Waals surface area contributed by atoms with E-state index >= 15 is 0 Å². The first-order chi connectivity index (χ1) is 9.95. The zero-order valence-corrected chi connectivity index (χ0v) is 13.0. The molecule has 1 aromatic carbocycles. The van der Waals surface area contributed by atoms with Crippen LogP contribution in [-0.2, 0) is 7.05 Å². The van der Waals surface area contributed by atoms with E-state index in [1.54, 1.807) is 18.7 Å². The number of aryl methyl sites for hydroxylation is 2. The topological polar surface area (TPSA) is 29.9 Å². The molecule has 2 rings (SSSR count). The molecule has 1 atom stereocenters. The highest BCUT2D eigenvalue weighted by Crippen LogP contribution is 2.30. The predicted octanol–water partition coefficient (Wildman–Crippen LogP) is 3.75. The van der Waals surface area contributed by atoms with E-state index in [9.17, 15) is 8.78 Å². The second-order valence-corrected chi connectivity index (χ2v) is 5.42. The molecule has 0 saturated heterocycles. The van der Waals surface area contributed by atoms with Crippen molar-refractivity contribution in [3.05, 3.63) is 51.8 Å². The maximum Gasteiger partial charge on any atom is 0.131 e. The second kappa shape index (κ2) is 6.54. The Balaban J connectivity index is 2.53. The molecule has 1 N–H and O–H groups in total. The van der Waals surface area contributed by atoms with Crippen LogP contribution in [0.4, 0.5) is 8.78 Å². The molecule has 114 valence electrons. The van der Waals surface area contributed by atoms with Gasteiger partial charge in [0.25, 0.3) is 0 Å². The maximum atomic E-state index is 14.2. The summed E-state index contributed by atoms with van der Waals surface area (Å²) in [5.41, 5.74) is 1.43. The summed E-state index contributed by atoms with van der Waals surface area (Å²) < 4.78 is 29.3. The molecule has 0 spiro atoms. The third-order valence-corrected chi connectivity index (χ3v) is 3.69. The average molecular weight is 314 g/mol. The van der Waals surface area contributed by atoms with Crippen LogP contribution < -0.4 is 5.32 Å². The zero-order valence-electron chi connectivity index (χ0n) is 12.3. The summed E-state index contributed by atoms with van der Waals surface area (Å²) in [4.78, 5) is 0. The van der Waals surface area contributed by atoms with Gasteiger partial charge in [-0.05, 0) is 31.5 Å². The summed E-state index contributed by atoms with van der Waals surface area (Å²) in [5, 5.41) is 7.79. The Labute approximate surface area is 127 Å². The van der Waals surface area contributed by atoms with Crippen LogP contribution in [0.3, 0.4) is 0 Å². The predicted molar refractivity (Wildman–Crippen MR) is 79.4 cm³/mol. The summed E-state index contributed by atoms with van der Waals surface area (Å²) in [7, 11) is 1.75. The lowest BCUT2D eigenvalue weighted by Gasteiger charge is -2.21. The van der Waals surface area contributed by atoms with Gasteiger partial charge < -0.3 is 5.32 Å². The second-order valence-electron chi connectivity index (χ2n) is 5.01. The Kier molecular flexibility index (Phi) is 4.96. The highest BCUT2D eigenvalue weighted by molar-refractivity contribution is 6.31. The molecule has 2 aromatic rings. The van der Waals surface area contributed by atoms with Gasteiger partial charge in [-0.1, -0.05) is 18.5 Å². The van der Waals surface area contributed by atoms with E-state index in [-0.39, 0.29) is 0 Å². The van der Waals surface area contributed by atoms with Gasteiger partial charge in [0.2, 0.25) is 0 Å². The standard InChI is InChI=1S/C15H18ClF2N3/c1-4-5-19-14(15-11(16)8-20-21(15)3)10-6-9(2)12(17)7-13(10)18/h6-8,14,19H,4-5H2,1-3H3. The smallest absolute Gasteiger partial charge is 0.131 e. The van der Waals surface area contributed by atoms with E-state index in [1.165, 1.54) is 12.3 Å². The first-order valence-corrected chi connectivity index (χ1v) is 7.19. The minimum absolute atomic E-state index is 0.368. The van der Waals surface area contributed by atoms with Crippen molar-refractivity contribution in [2.45, 2.75) is 26.3 Å². The van der Waals surface area contributed by atoms with Crippen LogP contribution in [0.5, 0.6) is 0 Å². The number of nitrogens with zero attached hydrogens (tertiary/aromatic N) is 2. The van der Waals surface area contributed by atoms with E-state index in [0.717, 1.165) is 12.5 Å². The molecule has 6 heteroatoms. The van der Waals surface area contributed by atoms with Gasteiger partial charge in [0.05, 0.1) is 23.0 Å². The van der Waals surface area contributed by atoms with Crippen molar-refractivity contribution < 1.29 is 8.78 Å². The number of hydrogen-bond donors (Lipinski definition) is 1. The Morgan fingerprint density at radius 1 is 1.33 bits per heavy atom. The molecule has 0 radical (unpaired) electrons. The van der Waals surface area contributed by atoms with Gasteiger partial charge in [-0.25, -0.2) is 8.78 Å². The van der Waals surface area contributed by atoms with Gasteiger partial charge >= 0.3 is 0 Å². The Morgan fingerprint density at radius 2 is 2.05 bits per heavy atom. The minimum Gasteiger partial charge on any atom is -0.305 e. The van der Waals surface area contributed by atoms with Gasteiger partial charge in [-0.15, -0.1) is 0 Å². The Morgan fingerprint density at radius 3 is 2.62 bits per heavy atom. The summed E-state index contributed by atoms with van der Waals surface area (Å²) in [6.45, 7) is 4.31. The van der Waals surface area contributed by atoms with Crippen molar-refractivity contribution in [1.29, 1.82) is 0 Å². The molecule has 0 amide bonds. The monoisotopic (exact) mass is 313 g/mol. The lowest BCUT2D eigenvalue weighted by atomic mass is 10.00.